The third-order valence-corrected chi connectivity index (χ3v) is 4.68. The first-order valence-corrected chi connectivity index (χ1v) is 9.10. The van der Waals surface area contributed by atoms with E-state index in [4.69, 9.17) is 9.90 Å². The van der Waals surface area contributed by atoms with Gasteiger partial charge in [0.05, 0.1) is 18.3 Å². The number of rotatable bonds is 3. The standard InChI is InChI=1S/C15H25N5O.C2HF3O2/c1-17(2)10-6-14-12-19(11-13-5-7-16-20(13)14)15(21)18-8-3-4-9-18;3-2(4,5)1(6)7/h5,7,14H,3-4,6,8-12H2,1-2H3;(H,6,7). The number of aromatic nitrogens is 2. The smallest absolute Gasteiger partial charge is 0.475 e. The lowest BCUT2D eigenvalue weighted by Gasteiger charge is -2.36. The first-order valence-electron chi connectivity index (χ1n) is 9.10. The SMILES string of the molecule is CN(C)CCC1CN(C(=O)N2CCCC2)Cc2ccnn21.O=C(O)C(F)(F)F. The number of alkyl halides is 3. The molecular formula is C17H26F3N5O3. The Morgan fingerprint density at radius 3 is 2.39 bits per heavy atom. The quantitative estimate of drug-likeness (QED) is 0.832. The van der Waals surface area contributed by atoms with Gasteiger partial charge in [0.1, 0.15) is 0 Å². The van der Waals surface area contributed by atoms with Gasteiger partial charge in [-0.3, -0.25) is 4.68 Å². The van der Waals surface area contributed by atoms with Gasteiger partial charge in [0.25, 0.3) is 0 Å². The van der Waals surface area contributed by atoms with Crippen molar-refractivity contribution < 1.29 is 27.9 Å². The summed E-state index contributed by atoms with van der Waals surface area (Å²) in [6.07, 6.45) is 0.0659. The van der Waals surface area contributed by atoms with Crippen molar-refractivity contribution in [1.29, 1.82) is 0 Å². The van der Waals surface area contributed by atoms with Crippen molar-refractivity contribution in [1.82, 2.24) is 24.5 Å². The molecule has 1 saturated heterocycles. The Balaban J connectivity index is 0.000000345. The van der Waals surface area contributed by atoms with Gasteiger partial charge < -0.3 is 19.8 Å². The molecular weight excluding hydrogens is 379 g/mol. The van der Waals surface area contributed by atoms with Crippen LogP contribution in [0.2, 0.25) is 0 Å². The number of carbonyl (C=O) groups excluding carboxylic acids is 1. The highest BCUT2D eigenvalue weighted by Crippen LogP contribution is 2.24. The highest BCUT2D eigenvalue weighted by atomic mass is 19.4. The Labute approximate surface area is 161 Å². The second-order valence-electron chi connectivity index (χ2n) is 7.17. The molecule has 3 heterocycles. The van der Waals surface area contributed by atoms with E-state index in [1.807, 2.05) is 22.1 Å². The third-order valence-electron chi connectivity index (χ3n) is 4.68. The number of amides is 2. The van der Waals surface area contributed by atoms with Crippen LogP contribution in [0.5, 0.6) is 0 Å². The zero-order valence-electron chi connectivity index (χ0n) is 16.0. The Bertz CT molecular complexity index is 671. The molecule has 3 rings (SSSR count). The van der Waals surface area contributed by atoms with E-state index in [0.717, 1.165) is 51.1 Å². The number of fused-ring (bicyclic) bond motifs is 1. The Morgan fingerprint density at radius 1 is 1.25 bits per heavy atom. The number of carboxylic acid groups (broad SMARTS) is 1. The average Bonchev–Trinajstić information content (AvgIpc) is 3.29. The summed E-state index contributed by atoms with van der Waals surface area (Å²) < 4.78 is 33.8. The molecule has 2 aliphatic rings. The normalized spacial score (nSPS) is 19.3. The first kappa shape index (κ1) is 22.0. The van der Waals surface area contributed by atoms with Gasteiger partial charge in [-0.1, -0.05) is 0 Å². The topological polar surface area (TPSA) is 81.9 Å². The van der Waals surface area contributed by atoms with Crippen LogP contribution in [0, 0.1) is 0 Å². The van der Waals surface area contributed by atoms with E-state index in [9.17, 15) is 18.0 Å². The van der Waals surface area contributed by atoms with Crippen molar-refractivity contribution in [3.8, 4) is 0 Å². The van der Waals surface area contributed by atoms with Crippen LogP contribution in [0.1, 0.15) is 31.0 Å². The molecule has 8 nitrogen and oxygen atoms in total. The lowest BCUT2D eigenvalue weighted by atomic mass is 10.1. The molecule has 2 aliphatic heterocycles. The van der Waals surface area contributed by atoms with Crippen molar-refractivity contribution in [2.24, 2.45) is 0 Å². The van der Waals surface area contributed by atoms with Gasteiger partial charge >= 0.3 is 18.2 Å². The fourth-order valence-corrected chi connectivity index (χ4v) is 3.26. The van der Waals surface area contributed by atoms with Crippen LogP contribution in [-0.4, -0.2) is 88.0 Å². The zero-order valence-corrected chi connectivity index (χ0v) is 16.0. The van der Waals surface area contributed by atoms with Gasteiger partial charge in [0, 0.05) is 25.8 Å². The van der Waals surface area contributed by atoms with E-state index >= 15 is 0 Å². The Hall–Kier alpha value is -2.30. The number of carboxylic acids is 1. The molecule has 1 fully saturated rings. The highest BCUT2D eigenvalue weighted by Gasteiger charge is 2.38. The van der Waals surface area contributed by atoms with Gasteiger partial charge in [-0.2, -0.15) is 18.3 Å². The summed E-state index contributed by atoms with van der Waals surface area (Å²) in [5.41, 5.74) is 1.15. The van der Waals surface area contributed by atoms with Gasteiger partial charge in [-0.15, -0.1) is 0 Å². The van der Waals surface area contributed by atoms with Gasteiger partial charge in [0.15, 0.2) is 0 Å². The van der Waals surface area contributed by atoms with E-state index in [1.54, 1.807) is 0 Å². The summed E-state index contributed by atoms with van der Waals surface area (Å²) in [6, 6.07) is 2.53. The van der Waals surface area contributed by atoms with E-state index in [2.05, 4.69) is 28.8 Å². The van der Waals surface area contributed by atoms with Crippen LogP contribution in [0.25, 0.3) is 0 Å². The van der Waals surface area contributed by atoms with Gasteiger partial charge in [-0.05, 0) is 46.0 Å². The fraction of sp³-hybridized carbons (Fsp3) is 0.706. The summed E-state index contributed by atoms with van der Waals surface area (Å²) >= 11 is 0. The number of halogens is 3. The minimum Gasteiger partial charge on any atom is -0.475 e. The summed E-state index contributed by atoms with van der Waals surface area (Å²) in [4.78, 5) is 27.7. The maximum atomic E-state index is 12.6. The molecule has 2 amide bonds. The zero-order chi connectivity index (χ0) is 20.9. The maximum absolute atomic E-state index is 12.6. The largest absolute Gasteiger partial charge is 0.490 e. The molecule has 0 saturated carbocycles. The third kappa shape index (κ3) is 5.85. The molecule has 1 N–H and O–H groups in total. The van der Waals surface area contributed by atoms with Crippen LogP contribution in [0.4, 0.5) is 18.0 Å². The second-order valence-corrected chi connectivity index (χ2v) is 7.17. The van der Waals surface area contributed by atoms with Crippen molar-refractivity contribution in [3.05, 3.63) is 18.0 Å². The molecule has 0 aliphatic carbocycles. The second kappa shape index (κ2) is 9.26. The number of aliphatic carboxylic acids is 1. The summed E-state index contributed by atoms with van der Waals surface area (Å²) in [6.45, 7) is 4.30. The summed E-state index contributed by atoms with van der Waals surface area (Å²) in [7, 11) is 4.17. The molecule has 1 atom stereocenters. The summed E-state index contributed by atoms with van der Waals surface area (Å²) in [5, 5.41) is 11.6. The summed E-state index contributed by atoms with van der Waals surface area (Å²) in [5.74, 6) is -2.76. The van der Waals surface area contributed by atoms with E-state index in [-0.39, 0.29) is 12.1 Å². The maximum Gasteiger partial charge on any atom is 0.490 e. The lowest BCUT2D eigenvalue weighted by molar-refractivity contribution is -0.192. The number of likely N-dealkylation sites (tertiary alicyclic amines) is 1. The highest BCUT2D eigenvalue weighted by molar-refractivity contribution is 5.75. The number of hydrogen-bond acceptors (Lipinski definition) is 4. The monoisotopic (exact) mass is 405 g/mol. The van der Waals surface area contributed by atoms with Crippen molar-refractivity contribution in [2.75, 3.05) is 40.3 Å². The Kier molecular flexibility index (Phi) is 7.28. The van der Waals surface area contributed by atoms with Crippen LogP contribution in [-0.2, 0) is 11.3 Å². The minimum atomic E-state index is -5.08. The van der Waals surface area contributed by atoms with E-state index in [1.165, 1.54) is 0 Å². The number of urea groups is 1. The first-order chi connectivity index (χ1) is 13.1. The molecule has 0 aromatic carbocycles. The van der Waals surface area contributed by atoms with Crippen LogP contribution < -0.4 is 0 Å². The van der Waals surface area contributed by atoms with E-state index in [0.29, 0.717) is 6.54 Å². The molecule has 0 spiro atoms. The van der Waals surface area contributed by atoms with Crippen molar-refractivity contribution in [2.45, 2.75) is 38.0 Å². The van der Waals surface area contributed by atoms with E-state index < -0.39 is 12.1 Å². The molecule has 0 bridgehead atoms. The van der Waals surface area contributed by atoms with Crippen LogP contribution in [0.3, 0.4) is 0 Å². The molecule has 1 aromatic rings. The van der Waals surface area contributed by atoms with Crippen LogP contribution in [0.15, 0.2) is 12.3 Å². The molecule has 0 radical (unpaired) electrons. The number of nitrogens with zero attached hydrogens (tertiary/aromatic N) is 5. The predicted molar refractivity (Wildman–Crippen MR) is 94.7 cm³/mol. The number of carbonyl (C=O) groups is 2. The molecule has 1 unspecified atom stereocenters. The molecule has 1 aromatic heterocycles. The average molecular weight is 405 g/mol. The molecule has 11 heteroatoms. The predicted octanol–water partition coefficient (Wildman–Crippen LogP) is 2.04. The lowest BCUT2D eigenvalue weighted by Crippen LogP contribution is -2.47. The Morgan fingerprint density at radius 2 is 1.86 bits per heavy atom. The molecule has 28 heavy (non-hydrogen) atoms. The fourth-order valence-electron chi connectivity index (χ4n) is 3.26. The van der Waals surface area contributed by atoms with Crippen LogP contribution >= 0.6 is 0 Å². The molecule has 158 valence electrons. The van der Waals surface area contributed by atoms with Crippen molar-refractivity contribution >= 4 is 12.0 Å². The number of hydrogen-bond donors (Lipinski definition) is 1. The minimum absolute atomic E-state index is 0.204. The van der Waals surface area contributed by atoms with Crippen molar-refractivity contribution in [3.63, 3.8) is 0 Å². The van der Waals surface area contributed by atoms with Gasteiger partial charge in [0.2, 0.25) is 0 Å². The van der Waals surface area contributed by atoms with Gasteiger partial charge in [-0.25, -0.2) is 9.59 Å².